The van der Waals surface area contributed by atoms with E-state index in [0.717, 1.165) is 48.7 Å². The first-order valence-corrected chi connectivity index (χ1v) is 14.2. The number of fused-ring (bicyclic) bond motifs is 1. The molecular formula is C30H34ClN7O2. The Balaban J connectivity index is 1.05. The van der Waals surface area contributed by atoms with E-state index in [-0.39, 0.29) is 17.5 Å². The number of carbonyl (C=O) groups excluding carboxylic acids is 1. The molecule has 40 heavy (non-hydrogen) atoms. The third kappa shape index (κ3) is 5.56. The molecule has 9 nitrogen and oxygen atoms in total. The van der Waals surface area contributed by atoms with E-state index in [0.29, 0.717) is 37.1 Å². The number of amides is 2. The Morgan fingerprint density at radius 2 is 1.90 bits per heavy atom. The fourth-order valence-corrected chi connectivity index (χ4v) is 5.82. The Bertz CT molecular complexity index is 1500. The summed E-state index contributed by atoms with van der Waals surface area (Å²) in [5, 5.41) is 8.47. The summed E-state index contributed by atoms with van der Waals surface area (Å²) in [6.45, 7) is 7.66. The molecule has 1 N–H and O–H groups in total. The monoisotopic (exact) mass is 559 g/mol. The van der Waals surface area contributed by atoms with E-state index in [2.05, 4.69) is 34.3 Å². The molecule has 2 amide bonds. The third-order valence-corrected chi connectivity index (χ3v) is 8.22. The van der Waals surface area contributed by atoms with Crippen molar-refractivity contribution in [2.75, 3.05) is 37.7 Å². The van der Waals surface area contributed by atoms with Crippen molar-refractivity contribution in [3.63, 3.8) is 0 Å². The lowest BCUT2D eigenvalue weighted by molar-refractivity contribution is 0.217. The Hall–Kier alpha value is -3.85. The van der Waals surface area contributed by atoms with Crippen molar-refractivity contribution in [3.8, 4) is 5.75 Å². The van der Waals surface area contributed by atoms with Crippen molar-refractivity contribution in [2.45, 2.75) is 44.6 Å². The molecule has 2 aliphatic heterocycles. The molecule has 2 fully saturated rings. The highest BCUT2D eigenvalue weighted by Gasteiger charge is 2.44. The van der Waals surface area contributed by atoms with Crippen LogP contribution in [0.2, 0.25) is 5.15 Å². The second kappa shape index (κ2) is 11.0. The summed E-state index contributed by atoms with van der Waals surface area (Å²) in [6, 6.07) is 18.0. The lowest BCUT2D eigenvalue weighted by atomic mass is 9.88. The number of carbonyl (C=O) groups is 1. The Labute approximate surface area is 239 Å². The van der Waals surface area contributed by atoms with E-state index in [4.69, 9.17) is 26.4 Å². The molecule has 208 valence electrons. The second-order valence-corrected chi connectivity index (χ2v) is 11.4. The molecule has 1 aromatic carbocycles. The SMILES string of the molecule is Cc1cc(OC[C@H](C)c2ccccc2)cn2nc(CCN3CC4(CCN(c5cccc(Cl)n5)CC4)NC3=O)nc12. The number of nitrogens with zero attached hydrogens (tertiary/aromatic N) is 6. The van der Waals surface area contributed by atoms with Gasteiger partial charge < -0.3 is 19.9 Å². The first-order chi connectivity index (χ1) is 19.4. The number of piperidine rings is 1. The zero-order valence-electron chi connectivity index (χ0n) is 22.9. The van der Waals surface area contributed by atoms with Gasteiger partial charge in [0.1, 0.15) is 16.7 Å². The minimum atomic E-state index is -0.210. The molecule has 1 spiro atoms. The van der Waals surface area contributed by atoms with Gasteiger partial charge in [0.05, 0.1) is 18.3 Å². The molecule has 0 aliphatic carbocycles. The molecule has 2 saturated heterocycles. The van der Waals surface area contributed by atoms with Crippen LogP contribution >= 0.6 is 11.6 Å². The van der Waals surface area contributed by atoms with Crippen LogP contribution in [0.5, 0.6) is 5.75 Å². The normalized spacial score (nSPS) is 17.4. The number of aromatic nitrogens is 4. The smallest absolute Gasteiger partial charge is 0.317 e. The summed E-state index contributed by atoms with van der Waals surface area (Å²) >= 11 is 6.08. The van der Waals surface area contributed by atoms with Crippen LogP contribution in [0.25, 0.3) is 5.65 Å². The lowest BCUT2D eigenvalue weighted by Crippen LogP contribution is -2.52. The van der Waals surface area contributed by atoms with E-state index in [1.165, 1.54) is 5.56 Å². The van der Waals surface area contributed by atoms with E-state index >= 15 is 0 Å². The second-order valence-electron chi connectivity index (χ2n) is 11.0. The molecular weight excluding hydrogens is 526 g/mol. The van der Waals surface area contributed by atoms with Crippen molar-refractivity contribution < 1.29 is 9.53 Å². The van der Waals surface area contributed by atoms with Crippen LogP contribution in [-0.4, -0.2) is 68.8 Å². The minimum Gasteiger partial charge on any atom is -0.491 e. The first kappa shape index (κ1) is 26.4. The fourth-order valence-electron chi connectivity index (χ4n) is 5.66. The van der Waals surface area contributed by atoms with Crippen molar-refractivity contribution in [1.29, 1.82) is 0 Å². The lowest BCUT2D eigenvalue weighted by Gasteiger charge is -2.39. The van der Waals surface area contributed by atoms with Crippen LogP contribution in [0.15, 0.2) is 60.8 Å². The summed E-state index contributed by atoms with van der Waals surface area (Å²) in [7, 11) is 0. The van der Waals surface area contributed by atoms with Crippen LogP contribution in [0.4, 0.5) is 10.6 Å². The quantitative estimate of drug-likeness (QED) is 0.310. The van der Waals surface area contributed by atoms with Crippen LogP contribution in [0, 0.1) is 6.92 Å². The summed E-state index contributed by atoms with van der Waals surface area (Å²) in [5.74, 6) is 2.65. The van der Waals surface area contributed by atoms with Gasteiger partial charge in [-0.3, -0.25) is 0 Å². The first-order valence-electron chi connectivity index (χ1n) is 13.9. The van der Waals surface area contributed by atoms with Gasteiger partial charge in [0.15, 0.2) is 11.5 Å². The summed E-state index contributed by atoms with van der Waals surface area (Å²) in [4.78, 5) is 26.2. The molecule has 0 unspecified atom stereocenters. The van der Waals surface area contributed by atoms with Gasteiger partial charge in [-0.05, 0) is 49.1 Å². The summed E-state index contributed by atoms with van der Waals surface area (Å²) in [5.41, 5.74) is 2.85. The molecule has 6 rings (SSSR count). The number of hydrogen-bond acceptors (Lipinski definition) is 6. The predicted octanol–water partition coefficient (Wildman–Crippen LogP) is 4.88. The highest BCUT2D eigenvalue weighted by Crippen LogP contribution is 2.30. The van der Waals surface area contributed by atoms with Gasteiger partial charge in [-0.25, -0.2) is 19.3 Å². The van der Waals surface area contributed by atoms with Crippen LogP contribution in [-0.2, 0) is 6.42 Å². The summed E-state index contributed by atoms with van der Waals surface area (Å²) in [6.07, 6.45) is 4.20. The van der Waals surface area contributed by atoms with Crippen LogP contribution in [0.3, 0.4) is 0 Å². The number of ether oxygens (including phenoxy) is 1. The maximum absolute atomic E-state index is 12.9. The molecule has 4 aromatic rings. The van der Waals surface area contributed by atoms with E-state index in [1.807, 2.05) is 54.4 Å². The number of pyridine rings is 2. The number of benzene rings is 1. The average Bonchev–Trinajstić information content (AvgIpc) is 3.51. The molecule has 0 bridgehead atoms. The van der Waals surface area contributed by atoms with E-state index in [1.54, 1.807) is 10.6 Å². The number of rotatable bonds is 8. The minimum absolute atomic E-state index is 0.0162. The van der Waals surface area contributed by atoms with Crippen molar-refractivity contribution >= 4 is 29.1 Å². The average molecular weight is 560 g/mol. The molecule has 10 heteroatoms. The molecule has 0 saturated carbocycles. The molecule has 5 heterocycles. The van der Waals surface area contributed by atoms with Gasteiger partial charge in [0.25, 0.3) is 0 Å². The highest BCUT2D eigenvalue weighted by molar-refractivity contribution is 6.29. The van der Waals surface area contributed by atoms with Gasteiger partial charge in [-0.15, -0.1) is 0 Å². The van der Waals surface area contributed by atoms with Crippen molar-refractivity contribution in [1.82, 2.24) is 29.8 Å². The zero-order valence-corrected chi connectivity index (χ0v) is 23.6. The third-order valence-electron chi connectivity index (χ3n) is 8.01. The van der Waals surface area contributed by atoms with Crippen LogP contribution < -0.4 is 15.0 Å². The largest absolute Gasteiger partial charge is 0.491 e. The van der Waals surface area contributed by atoms with E-state index < -0.39 is 0 Å². The molecule has 1 atom stereocenters. The van der Waals surface area contributed by atoms with Crippen molar-refractivity contribution in [3.05, 3.63) is 82.9 Å². The Kier molecular flexibility index (Phi) is 7.23. The topological polar surface area (TPSA) is 87.9 Å². The number of hydrogen-bond donors (Lipinski definition) is 1. The van der Waals surface area contributed by atoms with Gasteiger partial charge in [0, 0.05) is 38.5 Å². The Morgan fingerprint density at radius 1 is 1.10 bits per heavy atom. The number of anilines is 1. The van der Waals surface area contributed by atoms with Gasteiger partial charge in [-0.1, -0.05) is 54.9 Å². The maximum Gasteiger partial charge on any atom is 0.317 e. The van der Waals surface area contributed by atoms with Crippen molar-refractivity contribution in [2.24, 2.45) is 0 Å². The van der Waals surface area contributed by atoms with Gasteiger partial charge in [0.2, 0.25) is 0 Å². The molecule has 0 radical (unpaired) electrons. The number of nitrogens with one attached hydrogen (secondary N) is 1. The highest BCUT2D eigenvalue weighted by atomic mass is 35.5. The molecule has 3 aromatic heterocycles. The standard InChI is InChI=1S/C30H34ClN7O2/c1-21-17-24(40-19-22(2)23-7-4-3-5-8-23)18-38-28(21)33-26(35-38)11-14-37-20-30(34-29(37)39)12-15-36(16-13-30)27-10-6-9-25(31)32-27/h3-10,17-18,22H,11-16,19-20H2,1-2H3,(H,34,39)/t22-/m0/s1. The van der Waals surface area contributed by atoms with Gasteiger partial charge in [-0.2, -0.15) is 5.10 Å². The molecule has 2 aliphatic rings. The Morgan fingerprint density at radius 3 is 2.67 bits per heavy atom. The van der Waals surface area contributed by atoms with Gasteiger partial charge >= 0.3 is 6.03 Å². The maximum atomic E-state index is 12.9. The van der Waals surface area contributed by atoms with Crippen LogP contribution in [0.1, 0.15) is 42.6 Å². The summed E-state index contributed by atoms with van der Waals surface area (Å²) < 4.78 is 7.91. The van der Waals surface area contributed by atoms with E-state index in [9.17, 15) is 4.79 Å². The zero-order chi connectivity index (χ0) is 27.7. The number of aryl methyl sites for hydroxylation is 1. The number of halogens is 1. The predicted molar refractivity (Wildman–Crippen MR) is 155 cm³/mol. The number of urea groups is 1. The fraction of sp³-hybridized carbons (Fsp3) is 0.400.